The largest absolute Gasteiger partial charge is 0.481 e. The molecule has 2 heterocycles. The van der Waals surface area contributed by atoms with Gasteiger partial charge in [0.15, 0.2) is 5.65 Å². The van der Waals surface area contributed by atoms with Crippen LogP contribution in [0.4, 0.5) is 0 Å². The predicted molar refractivity (Wildman–Crippen MR) is 59.4 cm³/mol. The average molecular weight is 238 g/mol. The first-order valence-electron chi connectivity index (χ1n) is 4.72. The summed E-state index contributed by atoms with van der Waals surface area (Å²) < 4.78 is 1.90. The van der Waals surface area contributed by atoms with Gasteiger partial charge in [-0.15, -0.1) is 0 Å². The number of aromatic nitrogens is 4. The van der Waals surface area contributed by atoms with Gasteiger partial charge < -0.3 is 9.67 Å². The van der Waals surface area contributed by atoms with E-state index in [-0.39, 0.29) is 5.75 Å². The van der Waals surface area contributed by atoms with E-state index in [1.165, 1.54) is 18.1 Å². The fourth-order valence-corrected chi connectivity index (χ4v) is 2.08. The highest BCUT2D eigenvalue weighted by molar-refractivity contribution is 8.00. The number of aryl methyl sites for hydroxylation is 1. The summed E-state index contributed by atoms with van der Waals surface area (Å²) in [6, 6.07) is 0. The molecular weight excluding hydrogens is 228 g/mol. The summed E-state index contributed by atoms with van der Waals surface area (Å²) in [5, 5.41) is 9.30. The monoisotopic (exact) mass is 238 g/mol. The lowest BCUT2D eigenvalue weighted by atomic mass is 10.5. The van der Waals surface area contributed by atoms with Crippen molar-refractivity contribution >= 4 is 28.9 Å². The SMILES string of the molecule is CCn1cnc2ncnc(SCC(=O)O)c21. The second-order valence-electron chi connectivity index (χ2n) is 3.06. The van der Waals surface area contributed by atoms with Crippen LogP contribution in [0, 0.1) is 0 Å². The maximum Gasteiger partial charge on any atom is 0.313 e. The molecule has 0 atom stereocenters. The zero-order valence-corrected chi connectivity index (χ0v) is 9.44. The molecule has 0 bridgehead atoms. The van der Waals surface area contributed by atoms with Gasteiger partial charge in [0.2, 0.25) is 0 Å². The van der Waals surface area contributed by atoms with Crippen molar-refractivity contribution in [1.82, 2.24) is 19.5 Å². The molecule has 0 saturated heterocycles. The van der Waals surface area contributed by atoms with E-state index in [0.29, 0.717) is 10.7 Å². The van der Waals surface area contributed by atoms with Gasteiger partial charge in [0.25, 0.3) is 0 Å². The van der Waals surface area contributed by atoms with Crippen LogP contribution in [-0.4, -0.2) is 36.3 Å². The molecule has 16 heavy (non-hydrogen) atoms. The van der Waals surface area contributed by atoms with E-state index in [0.717, 1.165) is 12.1 Å². The van der Waals surface area contributed by atoms with Crippen LogP contribution in [0.25, 0.3) is 11.2 Å². The number of hydrogen-bond acceptors (Lipinski definition) is 5. The third-order valence-corrected chi connectivity index (χ3v) is 3.01. The van der Waals surface area contributed by atoms with Gasteiger partial charge in [-0.25, -0.2) is 15.0 Å². The third kappa shape index (κ3) is 1.99. The Hall–Kier alpha value is -1.63. The quantitative estimate of drug-likeness (QED) is 0.632. The Labute approximate surface area is 95.7 Å². The number of thioether (sulfide) groups is 1. The highest BCUT2D eigenvalue weighted by atomic mass is 32.2. The molecule has 0 aliphatic carbocycles. The van der Waals surface area contributed by atoms with Gasteiger partial charge >= 0.3 is 5.97 Å². The Morgan fingerprint density at radius 1 is 1.50 bits per heavy atom. The third-order valence-electron chi connectivity index (χ3n) is 2.05. The maximum absolute atomic E-state index is 10.5. The van der Waals surface area contributed by atoms with Crippen molar-refractivity contribution in [2.24, 2.45) is 0 Å². The van der Waals surface area contributed by atoms with Crippen molar-refractivity contribution < 1.29 is 9.90 Å². The molecular formula is C9H10N4O2S. The van der Waals surface area contributed by atoms with Gasteiger partial charge in [-0.05, 0) is 6.92 Å². The molecule has 1 N–H and O–H groups in total. The fraction of sp³-hybridized carbons (Fsp3) is 0.333. The van der Waals surface area contributed by atoms with Crippen LogP contribution >= 0.6 is 11.8 Å². The van der Waals surface area contributed by atoms with Crippen molar-refractivity contribution in [2.75, 3.05) is 5.75 Å². The Bertz CT molecular complexity index is 525. The highest BCUT2D eigenvalue weighted by Gasteiger charge is 2.11. The Morgan fingerprint density at radius 2 is 2.31 bits per heavy atom. The second-order valence-corrected chi connectivity index (χ2v) is 4.03. The lowest BCUT2D eigenvalue weighted by Gasteiger charge is -2.03. The first-order valence-corrected chi connectivity index (χ1v) is 5.71. The molecule has 0 aliphatic rings. The zero-order chi connectivity index (χ0) is 11.5. The molecule has 7 heteroatoms. The van der Waals surface area contributed by atoms with Gasteiger partial charge in [-0.2, -0.15) is 0 Å². The standard InChI is InChI=1S/C9H10N4O2S/c1-2-13-5-12-8-7(13)9(11-4-10-8)16-3-6(14)15/h4-5H,2-3H2,1H3,(H,14,15). The first-order chi connectivity index (χ1) is 7.72. The van der Waals surface area contributed by atoms with Gasteiger partial charge in [0.1, 0.15) is 16.9 Å². The lowest BCUT2D eigenvalue weighted by molar-refractivity contribution is -0.133. The molecule has 6 nitrogen and oxygen atoms in total. The summed E-state index contributed by atoms with van der Waals surface area (Å²) in [4.78, 5) is 22.8. The van der Waals surface area contributed by atoms with Gasteiger partial charge in [0.05, 0.1) is 12.1 Å². The molecule has 0 fully saturated rings. The van der Waals surface area contributed by atoms with Crippen LogP contribution in [0.2, 0.25) is 0 Å². The molecule has 0 radical (unpaired) electrons. The number of aliphatic carboxylic acids is 1. The minimum atomic E-state index is -0.862. The number of hydrogen-bond donors (Lipinski definition) is 1. The number of carboxylic acid groups (broad SMARTS) is 1. The Balaban J connectivity index is 2.42. The van der Waals surface area contributed by atoms with E-state index >= 15 is 0 Å². The number of fused-ring (bicyclic) bond motifs is 1. The van der Waals surface area contributed by atoms with Crippen molar-refractivity contribution in [2.45, 2.75) is 18.5 Å². The fourth-order valence-electron chi connectivity index (χ4n) is 1.36. The summed E-state index contributed by atoms with van der Waals surface area (Å²) in [7, 11) is 0. The summed E-state index contributed by atoms with van der Waals surface area (Å²) in [6.45, 7) is 2.74. The normalized spacial score (nSPS) is 10.8. The van der Waals surface area contributed by atoms with Gasteiger partial charge in [-0.3, -0.25) is 4.79 Å². The number of carbonyl (C=O) groups is 1. The van der Waals surface area contributed by atoms with Crippen molar-refractivity contribution in [3.05, 3.63) is 12.7 Å². The maximum atomic E-state index is 10.5. The molecule has 0 unspecified atom stereocenters. The minimum Gasteiger partial charge on any atom is -0.481 e. The number of carboxylic acids is 1. The molecule has 0 amide bonds. The first kappa shape index (κ1) is 10.9. The second kappa shape index (κ2) is 4.48. The number of nitrogens with zero attached hydrogens (tertiary/aromatic N) is 4. The van der Waals surface area contributed by atoms with E-state index < -0.39 is 5.97 Å². The number of imidazole rings is 1. The highest BCUT2D eigenvalue weighted by Crippen LogP contribution is 2.23. The zero-order valence-electron chi connectivity index (χ0n) is 8.62. The topological polar surface area (TPSA) is 80.9 Å². The lowest BCUT2D eigenvalue weighted by Crippen LogP contribution is -2.00. The summed E-state index contributed by atoms with van der Waals surface area (Å²) in [5.41, 5.74) is 1.40. The molecule has 0 aliphatic heterocycles. The van der Waals surface area contributed by atoms with Crippen LogP contribution in [0.5, 0.6) is 0 Å². The van der Waals surface area contributed by atoms with E-state index in [9.17, 15) is 4.79 Å². The molecule has 0 aromatic carbocycles. The molecule has 84 valence electrons. The summed E-state index contributed by atoms with van der Waals surface area (Å²) in [6.07, 6.45) is 3.09. The Kier molecular flexibility index (Phi) is 3.04. The minimum absolute atomic E-state index is 0.0129. The van der Waals surface area contributed by atoms with Crippen molar-refractivity contribution in [1.29, 1.82) is 0 Å². The number of rotatable bonds is 4. The van der Waals surface area contributed by atoms with E-state index in [1.54, 1.807) is 6.33 Å². The van der Waals surface area contributed by atoms with Crippen LogP contribution in [0.3, 0.4) is 0 Å². The predicted octanol–water partition coefficient (Wildman–Crippen LogP) is 1.02. The van der Waals surface area contributed by atoms with Gasteiger partial charge in [-0.1, -0.05) is 11.8 Å². The van der Waals surface area contributed by atoms with Crippen LogP contribution in [0.15, 0.2) is 17.7 Å². The Morgan fingerprint density at radius 3 is 3.00 bits per heavy atom. The smallest absolute Gasteiger partial charge is 0.313 e. The van der Waals surface area contributed by atoms with E-state index in [2.05, 4.69) is 15.0 Å². The van der Waals surface area contributed by atoms with E-state index in [4.69, 9.17) is 5.11 Å². The summed E-state index contributed by atoms with van der Waals surface area (Å²) >= 11 is 1.18. The molecule has 0 saturated carbocycles. The molecule has 2 aromatic rings. The van der Waals surface area contributed by atoms with Gasteiger partial charge in [0, 0.05) is 6.54 Å². The summed E-state index contributed by atoms with van der Waals surface area (Å²) in [5.74, 6) is -0.875. The average Bonchev–Trinajstić information content (AvgIpc) is 2.69. The molecule has 0 spiro atoms. The van der Waals surface area contributed by atoms with E-state index in [1.807, 2.05) is 11.5 Å². The van der Waals surface area contributed by atoms with Crippen LogP contribution in [-0.2, 0) is 11.3 Å². The van der Waals surface area contributed by atoms with Crippen molar-refractivity contribution in [3.8, 4) is 0 Å². The van der Waals surface area contributed by atoms with Crippen molar-refractivity contribution in [3.63, 3.8) is 0 Å². The molecule has 2 rings (SSSR count). The van der Waals surface area contributed by atoms with Crippen LogP contribution in [0.1, 0.15) is 6.92 Å². The molecule has 2 aromatic heterocycles. The van der Waals surface area contributed by atoms with Crippen LogP contribution < -0.4 is 0 Å².